The first-order chi connectivity index (χ1) is 9.10. The number of aryl methyl sites for hydroxylation is 2. The molecule has 2 aromatic heterocycles. The highest BCUT2D eigenvalue weighted by molar-refractivity contribution is 8.03. The SMILES string of the molecule is CCc1nnc(S/C(=C\c2sccc2C)C(=O)[O-])o1. The van der Waals surface area contributed by atoms with E-state index in [0.29, 0.717) is 12.3 Å². The summed E-state index contributed by atoms with van der Waals surface area (Å²) in [6, 6.07) is 1.93. The number of nitrogens with zero attached hydrogens (tertiary/aromatic N) is 2. The molecule has 0 aliphatic carbocycles. The Morgan fingerprint density at radius 1 is 1.58 bits per heavy atom. The van der Waals surface area contributed by atoms with Crippen LogP contribution in [0.1, 0.15) is 23.3 Å². The molecule has 0 unspecified atom stereocenters. The summed E-state index contributed by atoms with van der Waals surface area (Å²) in [5.41, 5.74) is 1.02. The van der Waals surface area contributed by atoms with Gasteiger partial charge in [-0.05, 0) is 41.8 Å². The molecule has 2 aromatic rings. The van der Waals surface area contributed by atoms with Gasteiger partial charge in [0.25, 0.3) is 5.22 Å². The molecule has 0 atom stereocenters. The lowest BCUT2D eigenvalue weighted by Gasteiger charge is -2.04. The van der Waals surface area contributed by atoms with Gasteiger partial charge in [-0.1, -0.05) is 6.92 Å². The Kier molecular flexibility index (Phi) is 4.39. The molecule has 0 spiro atoms. The maximum atomic E-state index is 11.1. The van der Waals surface area contributed by atoms with Crippen molar-refractivity contribution >= 4 is 35.1 Å². The van der Waals surface area contributed by atoms with E-state index in [4.69, 9.17) is 4.42 Å². The third kappa shape index (κ3) is 3.45. The van der Waals surface area contributed by atoms with Gasteiger partial charge < -0.3 is 14.3 Å². The van der Waals surface area contributed by atoms with Crippen LogP contribution in [0.15, 0.2) is 26.0 Å². The number of thioether (sulfide) groups is 1. The largest absolute Gasteiger partial charge is 0.544 e. The first kappa shape index (κ1) is 13.8. The van der Waals surface area contributed by atoms with E-state index in [1.165, 1.54) is 11.3 Å². The molecular formula is C12H11N2O3S2-. The van der Waals surface area contributed by atoms with Crippen LogP contribution in [0.5, 0.6) is 0 Å². The minimum atomic E-state index is -1.26. The fourth-order valence-electron chi connectivity index (χ4n) is 1.30. The van der Waals surface area contributed by atoms with E-state index in [9.17, 15) is 9.90 Å². The normalized spacial score (nSPS) is 11.8. The lowest BCUT2D eigenvalue weighted by Crippen LogP contribution is -2.22. The molecule has 0 saturated carbocycles. The molecule has 2 rings (SSSR count). The number of carbonyl (C=O) groups excluding carboxylic acids is 1. The number of carboxylic acid groups (broad SMARTS) is 1. The lowest BCUT2D eigenvalue weighted by atomic mass is 10.3. The minimum absolute atomic E-state index is 0.0526. The smallest absolute Gasteiger partial charge is 0.281 e. The van der Waals surface area contributed by atoms with Crippen molar-refractivity contribution in [2.24, 2.45) is 0 Å². The topological polar surface area (TPSA) is 79.0 Å². The number of thiophene rings is 1. The summed E-state index contributed by atoms with van der Waals surface area (Å²) in [6.45, 7) is 3.80. The zero-order valence-corrected chi connectivity index (χ0v) is 12.0. The lowest BCUT2D eigenvalue weighted by molar-refractivity contribution is -0.298. The summed E-state index contributed by atoms with van der Waals surface area (Å²) in [5.74, 6) is -0.776. The Labute approximate surface area is 118 Å². The first-order valence-electron chi connectivity index (χ1n) is 5.57. The van der Waals surface area contributed by atoms with Crippen molar-refractivity contribution in [2.75, 3.05) is 0 Å². The average Bonchev–Trinajstić information content (AvgIpc) is 2.98. The van der Waals surface area contributed by atoms with E-state index in [2.05, 4.69) is 10.2 Å². The Morgan fingerprint density at radius 3 is 2.89 bits per heavy atom. The van der Waals surface area contributed by atoms with Gasteiger partial charge in [-0.2, -0.15) is 0 Å². The molecule has 7 heteroatoms. The monoisotopic (exact) mass is 295 g/mol. The molecule has 0 N–H and O–H groups in total. The predicted octanol–water partition coefficient (Wildman–Crippen LogP) is 1.89. The molecule has 0 radical (unpaired) electrons. The minimum Gasteiger partial charge on any atom is -0.544 e. The molecule has 0 aromatic carbocycles. The van der Waals surface area contributed by atoms with Crippen molar-refractivity contribution in [2.45, 2.75) is 25.5 Å². The quantitative estimate of drug-likeness (QED) is 0.619. The summed E-state index contributed by atoms with van der Waals surface area (Å²) in [7, 11) is 0. The number of carboxylic acids is 1. The van der Waals surface area contributed by atoms with Crippen molar-refractivity contribution in [1.29, 1.82) is 0 Å². The van der Waals surface area contributed by atoms with Gasteiger partial charge in [-0.3, -0.25) is 0 Å². The van der Waals surface area contributed by atoms with E-state index >= 15 is 0 Å². The standard InChI is InChI=1S/C12H12N2O3S2/c1-3-10-13-14-12(17-10)19-9(11(15)16)6-8-7(2)4-5-18-8/h4-6H,3H2,1-2H3,(H,15,16)/p-1/b9-6-. The number of aliphatic carboxylic acids is 1. The maximum absolute atomic E-state index is 11.1. The number of hydrogen-bond acceptors (Lipinski definition) is 7. The molecule has 5 nitrogen and oxygen atoms in total. The van der Waals surface area contributed by atoms with Crippen LogP contribution < -0.4 is 5.11 Å². The number of rotatable bonds is 5. The highest BCUT2D eigenvalue weighted by Crippen LogP contribution is 2.29. The van der Waals surface area contributed by atoms with Gasteiger partial charge in [0.15, 0.2) is 0 Å². The van der Waals surface area contributed by atoms with Crippen LogP contribution in [0, 0.1) is 6.92 Å². The molecule has 0 amide bonds. The van der Waals surface area contributed by atoms with Crippen molar-refractivity contribution < 1.29 is 14.3 Å². The average molecular weight is 295 g/mol. The highest BCUT2D eigenvalue weighted by atomic mass is 32.2. The molecule has 100 valence electrons. The number of hydrogen-bond donors (Lipinski definition) is 0. The van der Waals surface area contributed by atoms with Crippen LogP contribution in [0.4, 0.5) is 0 Å². The fraction of sp³-hybridized carbons (Fsp3) is 0.250. The second kappa shape index (κ2) is 6.03. The number of aromatic nitrogens is 2. The van der Waals surface area contributed by atoms with Gasteiger partial charge in [0, 0.05) is 16.2 Å². The summed E-state index contributed by atoms with van der Waals surface area (Å²) in [6.07, 6.45) is 2.18. The summed E-state index contributed by atoms with van der Waals surface area (Å²) < 4.78 is 5.28. The van der Waals surface area contributed by atoms with E-state index in [0.717, 1.165) is 22.2 Å². The van der Waals surface area contributed by atoms with Gasteiger partial charge in [-0.15, -0.1) is 21.5 Å². The summed E-state index contributed by atoms with van der Waals surface area (Å²) >= 11 is 2.37. The van der Waals surface area contributed by atoms with Crippen molar-refractivity contribution in [3.05, 3.63) is 32.7 Å². The van der Waals surface area contributed by atoms with E-state index in [-0.39, 0.29) is 10.1 Å². The van der Waals surface area contributed by atoms with Gasteiger partial charge in [0.1, 0.15) is 0 Å². The van der Waals surface area contributed by atoms with Crippen LogP contribution >= 0.6 is 23.1 Å². The Balaban J connectivity index is 2.24. The molecule has 19 heavy (non-hydrogen) atoms. The Morgan fingerprint density at radius 2 is 2.37 bits per heavy atom. The van der Waals surface area contributed by atoms with Crippen LogP contribution in [0.25, 0.3) is 6.08 Å². The maximum Gasteiger partial charge on any atom is 0.281 e. The molecule has 0 fully saturated rings. The van der Waals surface area contributed by atoms with Crippen molar-refractivity contribution in [3.8, 4) is 0 Å². The van der Waals surface area contributed by atoms with E-state index in [1.807, 2.05) is 25.3 Å². The predicted molar refractivity (Wildman–Crippen MR) is 71.6 cm³/mol. The first-order valence-corrected chi connectivity index (χ1v) is 7.27. The zero-order chi connectivity index (χ0) is 13.8. The number of carbonyl (C=O) groups is 1. The van der Waals surface area contributed by atoms with Gasteiger partial charge >= 0.3 is 0 Å². The Hall–Kier alpha value is -1.60. The van der Waals surface area contributed by atoms with Gasteiger partial charge in [-0.25, -0.2) is 0 Å². The summed E-state index contributed by atoms with van der Waals surface area (Å²) in [4.78, 5) is 12.1. The molecule has 0 saturated heterocycles. The highest BCUT2D eigenvalue weighted by Gasteiger charge is 2.10. The van der Waals surface area contributed by atoms with Crippen molar-refractivity contribution in [1.82, 2.24) is 10.2 Å². The second-order valence-electron chi connectivity index (χ2n) is 3.68. The van der Waals surface area contributed by atoms with Crippen LogP contribution in [0.2, 0.25) is 0 Å². The Bertz CT molecular complexity index is 616. The zero-order valence-electron chi connectivity index (χ0n) is 10.4. The second-order valence-corrected chi connectivity index (χ2v) is 5.62. The van der Waals surface area contributed by atoms with Crippen LogP contribution in [-0.2, 0) is 11.2 Å². The van der Waals surface area contributed by atoms with Gasteiger partial charge in [0.2, 0.25) is 5.89 Å². The molecule has 0 aliphatic heterocycles. The summed E-state index contributed by atoms with van der Waals surface area (Å²) in [5, 5.41) is 20.8. The van der Waals surface area contributed by atoms with Gasteiger partial charge in [0.05, 0.1) is 5.97 Å². The third-order valence-electron chi connectivity index (χ3n) is 2.31. The molecule has 2 heterocycles. The van der Waals surface area contributed by atoms with E-state index < -0.39 is 5.97 Å². The molecular weight excluding hydrogens is 284 g/mol. The fourth-order valence-corrected chi connectivity index (χ4v) is 2.90. The molecule has 0 aliphatic rings. The van der Waals surface area contributed by atoms with Crippen LogP contribution in [0.3, 0.4) is 0 Å². The third-order valence-corrected chi connectivity index (χ3v) is 4.12. The van der Waals surface area contributed by atoms with E-state index in [1.54, 1.807) is 6.08 Å². The molecule has 0 bridgehead atoms. The van der Waals surface area contributed by atoms with Crippen molar-refractivity contribution in [3.63, 3.8) is 0 Å². The van der Waals surface area contributed by atoms with Crippen LogP contribution in [-0.4, -0.2) is 16.2 Å².